The van der Waals surface area contributed by atoms with E-state index in [0.29, 0.717) is 4.99 Å². The van der Waals surface area contributed by atoms with E-state index in [-0.39, 0.29) is 0 Å². The van der Waals surface area contributed by atoms with Crippen molar-refractivity contribution in [3.8, 4) is 0 Å². The molecule has 100 valence electrons. The summed E-state index contributed by atoms with van der Waals surface area (Å²) >= 11 is 5.11. The molecule has 1 heterocycles. The molecule has 1 aromatic rings. The van der Waals surface area contributed by atoms with Crippen molar-refractivity contribution < 1.29 is 0 Å². The smallest absolute Gasteiger partial charge is 0.134 e. The summed E-state index contributed by atoms with van der Waals surface area (Å²) in [6, 6.07) is 0. The summed E-state index contributed by atoms with van der Waals surface area (Å²) < 4.78 is 1.84. The van der Waals surface area contributed by atoms with Gasteiger partial charge >= 0.3 is 0 Å². The van der Waals surface area contributed by atoms with Gasteiger partial charge in [-0.1, -0.05) is 31.5 Å². The van der Waals surface area contributed by atoms with Gasteiger partial charge in [-0.05, 0) is 25.7 Å². The molecule has 0 amide bonds. The first-order valence-electron chi connectivity index (χ1n) is 6.67. The number of nitrogens with two attached hydrogens (primary N) is 1. The van der Waals surface area contributed by atoms with Crippen LogP contribution >= 0.6 is 12.2 Å². The summed E-state index contributed by atoms with van der Waals surface area (Å²) in [5.74, 6) is 1.73. The van der Waals surface area contributed by atoms with Crippen LogP contribution in [0.3, 0.4) is 0 Å². The second-order valence-electron chi connectivity index (χ2n) is 5.18. The van der Waals surface area contributed by atoms with Gasteiger partial charge in [0.25, 0.3) is 0 Å². The third kappa shape index (κ3) is 2.83. The van der Waals surface area contributed by atoms with Crippen molar-refractivity contribution in [1.29, 1.82) is 0 Å². The average molecular weight is 266 g/mol. The third-order valence-corrected chi connectivity index (χ3v) is 3.96. The van der Waals surface area contributed by atoms with E-state index in [2.05, 4.69) is 10.4 Å². The second-order valence-corrected chi connectivity index (χ2v) is 5.62. The van der Waals surface area contributed by atoms with Crippen LogP contribution in [-0.2, 0) is 7.05 Å². The number of rotatable bonds is 4. The van der Waals surface area contributed by atoms with E-state index in [1.807, 2.05) is 18.7 Å². The highest BCUT2D eigenvalue weighted by Gasteiger charge is 2.18. The molecular formula is C13H22N4S. The van der Waals surface area contributed by atoms with Crippen molar-refractivity contribution in [3.63, 3.8) is 0 Å². The van der Waals surface area contributed by atoms with Crippen LogP contribution in [0.4, 0.5) is 5.82 Å². The zero-order valence-corrected chi connectivity index (χ0v) is 12.0. The number of hydrogen-bond acceptors (Lipinski definition) is 3. The summed E-state index contributed by atoms with van der Waals surface area (Å²) in [5.41, 5.74) is 7.57. The number of anilines is 1. The lowest BCUT2D eigenvalue weighted by Crippen LogP contribution is -2.20. The van der Waals surface area contributed by atoms with Crippen molar-refractivity contribution in [2.24, 2.45) is 18.7 Å². The lowest BCUT2D eigenvalue weighted by molar-refractivity contribution is 0.373. The monoisotopic (exact) mass is 266 g/mol. The Morgan fingerprint density at radius 2 is 2.11 bits per heavy atom. The Balaban J connectivity index is 2.06. The molecule has 5 heteroatoms. The van der Waals surface area contributed by atoms with Gasteiger partial charge in [0.15, 0.2) is 0 Å². The molecule has 0 unspecified atom stereocenters. The average Bonchev–Trinajstić information content (AvgIpc) is 2.62. The van der Waals surface area contributed by atoms with Crippen LogP contribution in [0.15, 0.2) is 0 Å². The molecule has 0 aliphatic heterocycles. The Morgan fingerprint density at radius 1 is 1.44 bits per heavy atom. The summed E-state index contributed by atoms with van der Waals surface area (Å²) in [4.78, 5) is 0.423. The largest absolute Gasteiger partial charge is 0.389 e. The van der Waals surface area contributed by atoms with Gasteiger partial charge < -0.3 is 11.1 Å². The predicted octanol–water partition coefficient (Wildman–Crippen LogP) is 2.35. The molecule has 1 fully saturated rings. The van der Waals surface area contributed by atoms with E-state index in [0.717, 1.165) is 29.5 Å². The highest BCUT2D eigenvalue weighted by atomic mass is 32.1. The van der Waals surface area contributed by atoms with E-state index in [1.54, 1.807) is 0 Å². The lowest BCUT2D eigenvalue weighted by Gasteiger charge is -2.22. The summed E-state index contributed by atoms with van der Waals surface area (Å²) in [6.45, 7) is 2.94. The Labute approximate surface area is 114 Å². The highest BCUT2D eigenvalue weighted by Crippen LogP contribution is 2.25. The Bertz CT molecular complexity index is 432. The molecule has 2 rings (SSSR count). The predicted molar refractivity (Wildman–Crippen MR) is 78.9 cm³/mol. The summed E-state index contributed by atoms with van der Waals surface area (Å²) in [5, 5.41) is 7.87. The van der Waals surface area contributed by atoms with Crippen LogP contribution in [0.2, 0.25) is 0 Å². The van der Waals surface area contributed by atoms with Crippen molar-refractivity contribution >= 4 is 23.0 Å². The second kappa shape index (κ2) is 5.69. The fourth-order valence-corrected chi connectivity index (χ4v) is 3.03. The molecule has 0 bridgehead atoms. The van der Waals surface area contributed by atoms with Gasteiger partial charge in [-0.25, -0.2) is 0 Å². The minimum Gasteiger partial charge on any atom is -0.389 e. The first-order valence-corrected chi connectivity index (χ1v) is 7.07. The Morgan fingerprint density at radius 3 is 2.72 bits per heavy atom. The third-order valence-electron chi connectivity index (χ3n) is 3.75. The van der Waals surface area contributed by atoms with Gasteiger partial charge in [0.1, 0.15) is 10.8 Å². The van der Waals surface area contributed by atoms with Crippen LogP contribution in [0, 0.1) is 12.8 Å². The first-order chi connectivity index (χ1) is 8.59. The number of aryl methyl sites for hydroxylation is 2. The molecule has 1 aromatic heterocycles. The zero-order chi connectivity index (χ0) is 13.1. The van der Waals surface area contributed by atoms with Gasteiger partial charge in [0.05, 0.1) is 11.3 Å². The van der Waals surface area contributed by atoms with Crippen LogP contribution in [0.1, 0.15) is 43.4 Å². The molecule has 0 radical (unpaired) electrons. The van der Waals surface area contributed by atoms with Gasteiger partial charge in [-0.15, -0.1) is 0 Å². The maximum Gasteiger partial charge on any atom is 0.134 e. The molecule has 0 atom stereocenters. The maximum absolute atomic E-state index is 5.78. The van der Waals surface area contributed by atoms with Gasteiger partial charge in [-0.3, -0.25) is 4.68 Å². The fraction of sp³-hybridized carbons (Fsp3) is 0.692. The Hall–Kier alpha value is -1.10. The molecule has 1 saturated carbocycles. The van der Waals surface area contributed by atoms with Gasteiger partial charge in [-0.2, -0.15) is 5.10 Å². The minimum atomic E-state index is 0.423. The van der Waals surface area contributed by atoms with Crippen molar-refractivity contribution in [2.75, 3.05) is 11.9 Å². The molecule has 1 aliphatic carbocycles. The number of thiocarbonyl (C=S) groups is 1. The van der Waals surface area contributed by atoms with E-state index in [1.165, 1.54) is 32.1 Å². The number of hydrogen-bond donors (Lipinski definition) is 2. The maximum atomic E-state index is 5.78. The van der Waals surface area contributed by atoms with Crippen LogP contribution < -0.4 is 11.1 Å². The normalized spacial score (nSPS) is 16.8. The van der Waals surface area contributed by atoms with Crippen LogP contribution in [-0.4, -0.2) is 21.3 Å². The first kappa shape index (κ1) is 13.3. The fourth-order valence-electron chi connectivity index (χ4n) is 2.79. The van der Waals surface area contributed by atoms with Crippen molar-refractivity contribution in [3.05, 3.63) is 11.3 Å². The van der Waals surface area contributed by atoms with E-state index in [4.69, 9.17) is 18.0 Å². The summed E-state index contributed by atoms with van der Waals surface area (Å²) in [6.07, 6.45) is 6.76. The molecule has 1 aliphatic rings. The van der Waals surface area contributed by atoms with E-state index >= 15 is 0 Å². The van der Waals surface area contributed by atoms with Gasteiger partial charge in [0, 0.05) is 13.6 Å². The molecule has 3 N–H and O–H groups in total. The molecular weight excluding hydrogens is 244 g/mol. The summed E-state index contributed by atoms with van der Waals surface area (Å²) in [7, 11) is 1.93. The molecule has 0 saturated heterocycles. The molecule has 18 heavy (non-hydrogen) atoms. The van der Waals surface area contributed by atoms with Gasteiger partial charge in [0.2, 0.25) is 0 Å². The topological polar surface area (TPSA) is 55.9 Å². The minimum absolute atomic E-state index is 0.423. The van der Waals surface area contributed by atoms with Crippen LogP contribution in [0.5, 0.6) is 0 Å². The number of nitrogens with zero attached hydrogens (tertiary/aromatic N) is 2. The molecule has 4 nitrogen and oxygen atoms in total. The van der Waals surface area contributed by atoms with Crippen molar-refractivity contribution in [2.45, 2.75) is 39.0 Å². The van der Waals surface area contributed by atoms with E-state index < -0.39 is 0 Å². The van der Waals surface area contributed by atoms with E-state index in [9.17, 15) is 0 Å². The Kier molecular flexibility index (Phi) is 4.22. The standard InChI is InChI=1S/C13H22N4S/c1-9-11(12(14)18)13(17(2)16-9)15-8-10-6-4-3-5-7-10/h10,15H,3-8H2,1-2H3,(H2,14,18). The number of nitrogens with one attached hydrogen (secondary N) is 1. The highest BCUT2D eigenvalue weighted by molar-refractivity contribution is 7.80. The molecule has 0 spiro atoms. The number of aromatic nitrogens is 2. The zero-order valence-electron chi connectivity index (χ0n) is 11.2. The SMILES string of the molecule is Cc1nn(C)c(NCC2CCCCC2)c1C(N)=S. The lowest BCUT2D eigenvalue weighted by atomic mass is 9.89. The quantitative estimate of drug-likeness (QED) is 0.821. The van der Waals surface area contributed by atoms with Crippen molar-refractivity contribution in [1.82, 2.24) is 9.78 Å². The van der Waals surface area contributed by atoms with Crippen LogP contribution in [0.25, 0.3) is 0 Å². The molecule has 0 aromatic carbocycles.